The molecule has 4 nitrogen and oxygen atoms in total. The molecule has 0 radical (unpaired) electrons. The number of nitrogens with one attached hydrogen (secondary N) is 1. The highest BCUT2D eigenvalue weighted by Gasteiger charge is 2.20. The molecule has 0 heterocycles. The lowest BCUT2D eigenvalue weighted by atomic mass is 10.2. The highest BCUT2D eigenvalue weighted by molar-refractivity contribution is 7.98. The quantitative estimate of drug-likeness (QED) is 0.512. The normalized spacial score (nSPS) is 11.8. The second-order valence-corrected chi connectivity index (χ2v) is 8.08. The van der Waals surface area contributed by atoms with Crippen LogP contribution in [0, 0.1) is 0 Å². The average molecular weight is 371 g/mol. The molecule has 0 aliphatic heterocycles. The van der Waals surface area contributed by atoms with Crippen LogP contribution in [0.15, 0.2) is 17.0 Å². The van der Waals surface area contributed by atoms with Crippen LogP contribution in [0.25, 0.3) is 0 Å². The van der Waals surface area contributed by atoms with Crippen LogP contribution in [0.2, 0.25) is 10.0 Å². The molecule has 0 saturated carbocycles. The molecule has 1 aromatic carbocycles. The Bertz CT molecular complexity index is 566. The van der Waals surface area contributed by atoms with E-state index in [1.165, 1.54) is 12.1 Å². The predicted molar refractivity (Wildman–Crippen MR) is 92.9 cm³/mol. The van der Waals surface area contributed by atoms with Crippen molar-refractivity contribution in [3.8, 4) is 0 Å². The van der Waals surface area contributed by atoms with Crippen molar-refractivity contribution in [1.29, 1.82) is 0 Å². The van der Waals surface area contributed by atoms with Crippen molar-refractivity contribution < 1.29 is 8.42 Å². The van der Waals surface area contributed by atoms with Crippen LogP contribution < -0.4 is 10.5 Å². The van der Waals surface area contributed by atoms with Gasteiger partial charge in [0.25, 0.3) is 0 Å². The summed E-state index contributed by atoms with van der Waals surface area (Å²) in [6.07, 6.45) is 6.15. The first-order valence-corrected chi connectivity index (χ1v) is 10.3. The van der Waals surface area contributed by atoms with Gasteiger partial charge in [0.15, 0.2) is 0 Å². The number of hydrogen-bond acceptors (Lipinski definition) is 4. The summed E-state index contributed by atoms with van der Waals surface area (Å²) in [6, 6.07) is 2.79. The molecule has 0 fully saturated rings. The van der Waals surface area contributed by atoms with E-state index in [-0.39, 0.29) is 20.6 Å². The molecule has 0 atom stereocenters. The summed E-state index contributed by atoms with van der Waals surface area (Å²) in [5.74, 6) is 1.14. The summed E-state index contributed by atoms with van der Waals surface area (Å²) in [5, 5.41) is 0.211. The maximum atomic E-state index is 12.2. The fourth-order valence-corrected chi connectivity index (χ4v) is 4.10. The van der Waals surface area contributed by atoms with Gasteiger partial charge in [-0.3, -0.25) is 0 Å². The topological polar surface area (TPSA) is 72.2 Å². The third-order valence-electron chi connectivity index (χ3n) is 2.95. The molecular formula is C13H20Cl2N2O2S2. The number of nitrogen functional groups attached to an aromatic ring is 1. The van der Waals surface area contributed by atoms with Gasteiger partial charge < -0.3 is 5.73 Å². The molecule has 8 heteroatoms. The van der Waals surface area contributed by atoms with E-state index in [9.17, 15) is 8.42 Å². The molecule has 0 aromatic heterocycles. The molecule has 0 amide bonds. The zero-order valence-corrected chi connectivity index (χ0v) is 15.0. The van der Waals surface area contributed by atoms with E-state index in [0.29, 0.717) is 6.54 Å². The van der Waals surface area contributed by atoms with Crippen molar-refractivity contribution in [3.63, 3.8) is 0 Å². The minimum Gasteiger partial charge on any atom is -0.396 e. The van der Waals surface area contributed by atoms with Gasteiger partial charge in [0, 0.05) is 6.54 Å². The highest BCUT2D eigenvalue weighted by Crippen LogP contribution is 2.32. The lowest BCUT2D eigenvalue weighted by Gasteiger charge is -2.10. The van der Waals surface area contributed by atoms with Crippen molar-refractivity contribution in [2.45, 2.75) is 30.6 Å². The molecule has 0 unspecified atom stereocenters. The largest absolute Gasteiger partial charge is 0.396 e. The summed E-state index contributed by atoms with van der Waals surface area (Å²) in [7, 11) is -3.65. The summed E-state index contributed by atoms with van der Waals surface area (Å²) < 4.78 is 26.8. The summed E-state index contributed by atoms with van der Waals surface area (Å²) in [5.41, 5.74) is 5.73. The van der Waals surface area contributed by atoms with Crippen LogP contribution in [0.4, 0.5) is 5.69 Å². The van der Waals surface area contributed by atoms with E-state index in [1.54, 1.807) is 0 Å². The number of thioether (sulfide) groups is 1. The molecule has 0 aliphatic rings. The average Bonchev–Trinajstić information content (AvgIpc) is 2.43. The molecule has 0 aliphatic carbocycles. The molecule has 1 aromatic rings. The lowest BCUT2D eigenvalue weighted by Crippen LogP contribution is -2.25. The Morgan fingerprint density at radius 1 is 1.19 bits per heavy atom. The first-order valence-electron chi connectivity index (χ1n) is 6.62. The van der Waals surface area contributed by atoms with Gasteiger partial charge >= 0.3 is 0 Å². The van der Waals surface area contributed by atoms with Crippen LogP contribution in [-0.4, -0.2) is 27.0 Å². The second-order valence-electron chi connectivity index (χ2n) is 4.58. The maximum absolute atomic E-state index is 12.2. The first kappa shape index (κ1) is 18.9. The number of nitrogens with two attached hydrogens (primary N) is 1. The van der Waals surface area contributed by atoms with Crippen molar-refractivity contribution >= 4 is 50.7 Å². The van der Waals surface area contributed by atoms with Gasteiger partial charge in [-0.1, -0.05) is 36.0 Å². The van der Waals surface area contributed by atoms with Crippen LogP contribution in [0.1, 0.15) is 25.7 Å². The standard InChI is InChI=1S/C13H20Cl2N2O2S2/c1-20-9-5-3-2-4-8-17-21(18,19)11-7-6-10(14)13(16)12(11)15/h6-7,17H,2-5,8-9,16H2,1H3. The maximum Gasteiger partial charge on any atom is 0.242 e. The molecule has 1 rings (SSSR count). The van der Waals surface area contributed by atoms with E-state index >= 15 is 0 Å². The van der Waals surface area contributed by atoms with Gasteiger partial charge in [-0.05, 0) is 37.0 Å². The van der Waals surface area contributed by atoms with Gasteiger partial charge in [-0.2, -0.15) is 11.8 Å². The highest BCUT2D eigenvalue weighted by atomic mass is 35.5. The molecule has 21 heavy (non-hydrogen) atoms. The fraction of sp³-hybridized carbons (Fsp3) is 0.538. The summed E-state index contributed by atoms with van der Waals surface area (Å²) >= 11 is 13.6. The molecule has 0 spiro atoms. The van der Waals surface area contributed by atoms with Crippen molar-refractivity contribution in [2.24, 2.45) is 0 Å². The SMILES string of the molecule is CSCCCCCCNS(=O)(=O)c1ccc(Cl)c(N)c1Cl. The number of rotatable bonds is 9. The number of anilines is 1. The third-order valence-corrected chi connectivity index (χ3v) is 6.00. The van der Waals surface area contributed by atoms with Crippen LogP contribution in [0.3, 0.4) is 0 Å². The van der Waals surface area contributed by atoms with Crippen LogP contribution >= 0.6 is 35.0 Å². The number of hydrogen-bond donors (Lipinski definition) is 2. The Morgan fingerprint density at radius 3 is 2.52 bits per heavy atom. The minimum absolute atomic E-state index is 0.0324. The zero-order valence-electron chi connectivity index (χ0n) is 11.9. The van der Waals surface area contributed by atoms with Crippen molar-refractivity contribution in [3.05, 3.63) is 22.2 Å². The number of unbranched alkanes of at least 4 members (excludes halogenated alkanes) is 3. The van der Waals surface area contributed by atoms with E-state index in [2.05, 4.69) is 11.0 Å². The Kier molecular flexibility index (Phi) is 8.19. The molecule has 120 valence electrons. The Morgan fingerprint density at radius 2 is 1.86 bits per heavy atom. The third kappa shape index (κ3) is 5.87. The van der Waals surface area contributed by atoms with Gasteiger partial charge in [-0.15, -0.1) is 0 Å². The monoisotopic (exact) mass is 370 g/mol. The number of benzene rings is 1. The number of sulfonamides is 1. The van der Waals surface area contributed by atoms with Crippen LogP contribution in [0.5, 0.6) is 0 Å². The molecule has 3 N–H and O–H groups in total. The van der Waals surface area contributed by atoms with E-state index < -0.39 is 10.0 Å². The van der Waals surface area contributed by atoms with E-state index in [4.69, 9.17) is 28.9 Å². The number of halogens is 2. The second kappa shape index (κ2) is 9.10. The smallest absolute Gasteiger partial charge is 0.242 e. The fourth-order valence-electron chi connectivity index (χ4n) is 1.77. The summed E-state index contributed by atoms with van der Waals surface area (Å²) in [4.78, 5) is -0.0338. The first-order chi connectivity index (χ1) is 9.90. The van der Waals surface area contributed by atoms with Crippen molar-refractivity contribution in [1.82, 2.24) is 4.72 Å². The molecular weight excluding hydrogens is 351 g/mol. The van der Waals surface area contributed by atoms with E-state index in [0.717, 1.165) is 31.4 Å². The summed E-state index contributed by atoms with van der Waals surface area (Å²) in [6.45, 7) is 0.389. The van der Waals surface area contributed by atoms with Gasteiger partial charge in [-0.25, -0.2) is 13.1 Å². The van der Waals surface area contributed by atoms with E-state index in [1.807, 2.05) is 11.8 Å². The van der Waals surface area contributed by atoms with Gasteiger partial charge in [0.05, 0.1) is 15.7 Å². The Labute approximate surface area is 140 Å². The van der Waals surface area contributed by atoms with Gasteiger partial charge in [0.2, 0.25) is 10.0 Å². The lowest BCUT2D eigenvalue weighted by molar-refractivity contribution is 0.574. The Hall–Kier alpha value is -0.140. The molecule has 0 bridgehead atoms. The minimum atomic E-state index is -3.65. The predicted octanol–water partition coefficient (Wildman–Crippen LogP) is 3.78. The Balaban J connectivity index is 2.53. The van der Waals surface area contributed by atoms with Crippen molar-refractivity contribution in [2.75, 3.05) is 24.3 Å². The molecule has 0 saturated heterocycles. The zero-order chi connectivity index (χ0) is 15.9. The van der Waals surface area contributed by atoms with Gasteiger partial charge in [0.1, 0.15) is 4.90 Å². The van der Waals surface area contributed by atoms with Crippen LogP contribution in [-0.2, 0) is 10.0 Å².